The molecule has 0 amide bonds. The van der Waals surface area contributed by atoms with Crippen LogP contribution < -0.4 is 4.74 Å². The van der Waals surface area contributed by atoms with Crippen LogP contribution in [0, 0.1) is 3.57 Å². The van der Waals surface area contributed by atoms with Gasteiger partial charge in [0.05, 0.1) is 10.7 Å². The average molecular weight is 406 g/mol. The van der Waals surface area contributed by atoms with Gasteiger partial charge in [0.15, 0.2) is 0 Å². The summed E-state index contributed by atoms with van der Waals surface area (Å²) in [7, 11) is 1.68. The van der Waals surface area contributed by atoms with Gasteiger partial charge in [-0.05, 0) is 46.9 Å². The van der Waals surface area contributed by atoms with Gasteiger partial charge in [0.2, 0.25) is 0 Å². The summed E-state index contributed by atoms with van der Waals surface area (Å²) in [5.41, 5.74) is 2.06. The predicted octanol–water partition coefficient (Wildman–Crippen LogP) is 5.93. The van der Waals surface area contributed by atoms with Crippen LogP contribution in [0.4, 0.5) is 0 Å². The smallest absolute Gasteiger partial charge is 0.150 e. The molecule has 0 saturated heterocycles. The monoisotopic (exact) mass is 406 g/mol. The minimum absolute atomic E-state index is 0.850. The topological polar surface area (TPSA) is 22.4 Å². The van der Waals surface area contributed by atoms with Crippen molar-refractivity contribution in [3.05, 3.63) is 51.4 Å². The fourth-order valence-corrected chi connectivity index (χ4v) is 4.26. The van der Waals surface area contributed by atoms with E-state index in [4.69, 9.17) is 9.15 Å². The molecule has 0 atom stereocenters. The Kier molecular flexibility index (Phi) is 3.15. The molecule has 0 unspecified atom stereocenters. The number of thiophene rings is 1. The maximum absolute atomic E-state index is 6.09. The molecule has 0 fully saturated rings. The summed E-state index contributed by atoms with van der Waals surface area (Å²) in [6.45, 7) is 0. The van der Waals surface area contributed by atoms with Crippen molar-refractivity contribution in [3.8, 4) is 17.1 Å². The van der Waals surface area contributed by atoms with Crippen LogP contribution in [0.5, 0.6) is 5.75 Å². The van der Waals surface area contributed by atoms with Crippen LogP contribution in [-0.4, -0.2) is 7.11 Å². The van der Waals surface area contributed by atoms with E-state index in [0.717, 1.165) is 31.6 Å². The van der Waals surface area contributed by atoms with Crippen molar-refractivity contribution < 1.29 is 9.15 Å². The summed E-state index contributed by atoms with van der Waals surface area (Å²) in [4.78, 5) is 0. The van der Waals surface area contributed by atoms with E-state index in [0.29, 0.717) is 0 Å². The molecule has 0 saturated carbocycles. The first-order valence-electron chi connectivity index (χ1n) is 6.50. The van der Waals surface area contributed by atoms with Gasteiger partial charge in [-0.3, -0.25) is 0 Å². The SMILES string of the molecule is COc1ccc2oc(-c3csc4ccccc34)c(I)c2c1. The number of hydrogen-bond donors (Lipinski definition) is 0. The van der Waals surface area contributed by atoms with Gasteiger partial charge in [-0.25, -0.2) is 0 Å². The number of rotatable bonds is 2. The van der Waals surface area contributed by atoms with E-state index in [1.807, 2.05) is 18.2 Å². The lowest BCUT2D eigenvalue weighted by molar-refractivity contribution is 0.415. The number of furan rings is 1. The van der Waals surface area contributed by atoms with Crippen LogP contribution in [0.25, 0.3) is 32.4 Å². The molecule has 4 heteroatoms. The van der Waals surface area contributed by atoms with Gasteiger partial charge in [0.25, 0.3) is 0 Å². The summed E-state index contributed by atoms with van der Waals surface area (Å²) in [5, 5.41) is 4.51. The number of benzene rings is 2. The van der Waals surface area contributed by atoms with Gasteiger partial charge in [-0.15, -0.1) is 11.3 Å². The quantitative estimate of drug-likeness (QED) is 0.385. The highest BCUT2D eigenvalue weighted by atomic mass is 127. The third-order valence-electron chi connectivity index (χ3n) is 3.56. The molecule has 104 valence electrons. The summed E-state index contributed by atoms with van der Waals surface area (Å²) >= 11 is 4.10. The second-order valence-corrected chi connectivity index (χ2v) is 6.74. The molecule has 0 N–H and O–H groups in total. The van der Waals surface area contributed by atoms with E-state index >= 15 is 0 Å². The second-order valence-electron chi connectivity index (χ2n) is 4.75. The van der Waals surface area contributed by atoms with E-state index in [2.05, 4.69) is 52.2 Å². The summed E-state index contributed by atoms with van der Waals surface area (Å²) in [6, 6.07) is 14.3. The highest BCUT2D eigenvalue weighted by molar-refractivity contribution is 14.1. The molecule has 2 aromatic carbocycles. The van der Waals surface area contributed by atoms with Crippen molar-refractivity contribution >= 4 is 55.0 Å². The Hall–Kier alpha value is -1.53. The maximum atomic E-state index is 6.09. The molecule has 2 nitrogen and oxygen atoms in total. The fraction of sp³-hybridized carbons (Fsp3) is 0.0588. The Bertz CT molecular complexity index is 952. The minimum Gasteiger partial charge on any atom is -0.497 e. The predicted molar refractivity (Wildman–Crippen MR) is 96.3 cm³/mol. The standard InChI is InChI=1S/C17H11IO2S/c1-19-10-6-7-14-12(8-10)16(18)17(20-14)13-9-21-15-5-3-2-4-11(13)15/h2-9H,1H3. The van der Waals surface area contributed by atoms with Crippen molar-refractivity contribution in [1.82, 2.24) is 0 Å². The zero-order chi connectivity index (χ0) is 14.4. The second kappa shape index (κ2) is 5.03. The van der Waals surface area contributed by atoms with Crippen molar-refractivity contribution in [2.75, 3.05) is 7.11 Å². The van der Waals surface area contributed by atoms with Gasteiger partial charge >= 0.3 is 0 Å². The van der Waals surface area contributed by atoms with Gasteiger partial charge in [0, 0.05) is 26.4 Å². The van der Waals surface area contributed by atoms with Crippen LogP contribution >= 0.6 is 33.9 Å². The molecule has 4 rings (SSSR count). The summed E-state index contributed by atoms with van der Waals surface area (Å²) in [6.07, 6.45) is 0. The molecule has 2 heterocycles. The first-order valence-corrected chi connectivity index (χ1v) is 8.46. The van der Waals surface area contributed by atoms with Gasteiger partial charge < -0.3 is 9.15 Å². The number of halogens is 1. The Labute approximate surface area is 139 Å². The molecule has 2 aromatic heterocycles. The Balaban J connectivity index is 2.00. The lowest BCUT2D eigenvalue weighted by Crippen LogP contribution is -1.81. The third kappa shape index (κ3) is 2.05. The normalized spacial score (nSPS) is 11.3. The molecule has 0 bridgehead atoms. The molecule has 0 spiro atoms. The third-order valence-corrected chi connectivity index (χ3v) is 5.59. The van der Waals surface area contributed by atoms with Crippen molar-refractivity contribution in [2.24, 2.45) is 0 Å². The number of ether oxygens (including phenoxy) is 1. The van der Waals surface area contributed by atoms with Crippen LogP contribution in [0.15, 0.2) is 52.3 Å². The molecule has 0 radical (unpaired) electrons. The lowest BCUT2D eigenvalue weighted by Gasteiger charge is -1.97. The number of hydrogen-bond acceptors (Lipinski definition) is 3. The van der Waals surface area contributed by atoms with Crippen molar-refractivity contribution in [1.29, 1.82) is 0 Å². The van der Waals surface area contributed by atoms with Crippen molar-refractivity contribution in [2.45, 2.75) is 0 Å². The molecular weight excluding hydrogens is 395 g/mol. The molecule has 21 heavy (non-hydrogen) atoms. The van der Waals surface area contributed by atoms with Gasteiger partial charge in [-0.1, -0.05) is 18.2 Å². The zero-order valence-electron chi connectivity index (χ0n) is 11.2. The highest BCUT2D eigenvalue weighted by Gasteiger charge is 2.17. The maximum Gasteiger partial charge on any atom is 0.150 e. The fourth-order valence-electron chi connectivity index (χ4n) is 2.50. The van der Waals surface area contributed by atoms with E-state index in [1.54, 1.807) is 18.4 Å². The highest BCUT2D eigenvalue weighted by Crippen LogP contribution is 2.41. The van der Waals surface area contributed by atoms with Crippen LogP contribution in [0.2, 0.25) is 0 Å². The number of methoxy groups -OCH3 is 1. The van der Waals surface area contributed by atoms with Gasteiger partial charge in [0.1, 0.15) is 17.1 Å². The minimum atomic E-state index is 0.850. The average Bonchev–Trinajstić information content (AvgIpc) is 3.08. The van der Waals surface area contributed by atoms with E-state index < -0.39 is 0 Å². The van der Waals surface area contributed by atoms with Gasteiger partial charge in [-0.2, -0.15) is 0 Å². The van der Waals surface area contributed by atoms with E-state index in [9.17, 15) is 0 Å². The Morgan fingerprint density at radius 3 is 2.81 bits per heavy atom. The van der Waals surface area contributed by atoms with Crippen LogP contribution in [0.3, 0.4) is 0 Å². The first kappa shape index (κ1) is 13.2. The van der Waals surface area contributed by atoms with E-state index in [1.165, 1.54) is 10.1 Å². The summed E-state index contributed by atoms with van der Waals surface area (Å²) in [5.74, 6) is 1.79. The molecule has 4 aromatic rings. The molecule has 0 aliphatic rings. The largest absolute Gasteiger partial charge is 0.497 e. The van der Waals surface area contributed by atoms with E-state index in [-0.39, 0.29) is 0 Å². The zero-order valence-corrected chi connectivity index (χ0v) is 14.2. The van der Waals surface area contributed by atoms with Crippen molar-refractivity contribution in [3.63, 3.8) is 0 Å². The molecule has 0 aliphatic carbocycles. The molecular formula is C17H11IO2S. The van der Waals surface area contributed by atoms with Crippen LogP contribution in [-0.2, 0) is 0 Å². The lowest BCUT2D eigenvalue weighted by atomic mass is 10.1. The first-order chi connectivity index (χ1) is 10.3. The summed E-state index contributed by atoms with van der Waals surface area (Å²) < 4.78 is 13.8. The molecule has 0 aliphatic heterocycles. The Morgan fingerprint density at radius 1 is 1.10 bits per heavy atom. The Morgan fingerprint density at radius 2 is 1.95 bits per heavy atom. The van der Waals surface area contributed by atoms with Crippen LogP contribution in [0.1, 0.15) is 0 Å². The number of fused-ring (bicyclic) bond motifs is 2.